The second-order valence-electron chi connectivity index (χ2n) is 19.0. The highest BCUT2D eigenvalue weighted by Crippen LogP contribution is 2.54. The molecule has 4 saturated carbocycles. The highest BCUT2D eigenvalue weighted by atomic mass is 79.9. The minimum Gasteiger partial charge on any atom is -0.371 e. The van der Waals surface area contributed by atoms with Gasteiger partial charge in [0.15, 0.2) is 11.8 Å². The summed E-state index contributed by atoms with van der Waals surface area (Å²) in [5, 5.41) is 0. The van der Waals surface area contributed by atoms with Crippen molar-refractivity contribution in [2.24, 2.45) is 34.5 Å². The third kappa shape index (κ3) is 7.69. The van der Waals surface area contributed by atoms with Crippen molar-refractivity contribution in [3.8, 4) is 0 Å². The summed E-state index contributed by atoms with van der Waals surface area (Å²) in [5.74, 6) is 3.55. The summed E-state index contributed by atoms with van der Waals surface area (Å²) >= 11 is 4.21. The maximum Gasteiger partial charge on any atom is 0.182 e. The number of halogens is 1. The molecule has 0 aromatic heterocycles. The van der Waals surface area contributed by atoms with Crippen LogP contribution in [0.3, 0.4) is 0 Å². The molecule has 0 amide bonds. The van der Waals surface area contributed by atoms with E-state index in [1.54, 1.807) is 11.4 Å². The van der Waals surface area contributed by atoms with Crippen LogP contribution in [0.25, 0.3) is 0 Å². The summed E-state index contributed by atoms with van der Waals surface area (Å²) in [6, 6.07) is 1.52. The highest BCUT2D eigenvalue weighted by Gasteiger charge is 2.54. The maximum atomic E-state index is 4.21. The first-order chi connectivity index (χ1) is 23.7. The van der Waals surface area contributed by atoms with Crippen molar-refractivity contribution in [1.29, 1.82) is 0 Å². The van der Waals surface area contributed by atoms with Crippen LogP contribution in [0.5, 0.6) is 0 Å². The van der Waals surface area contributed by atoms with Gasteiger partial charge in [-0.3, -0.25) is 0 Å². The highest BCUT2D eigenvalue weighted by molar-refractivity contribution is 9.12. The fourth-order valence-corrected chi connectivity index (χ4v) is 13.1. The van der Waals surface area contributed by atoms with Crippen LogP contribution in [-0.4, -0.2) is 40.4 Å². The quantitative estimate of drug-likeness (QED) is 0.214. The molecule has 272 valence electrons. The van der Waals surface area contributed by atoms with Crippen molar-refractivity contribution >= 4 is 21.6 Å². The van der Waals surface area contributed by atoms with Gasteiger partial charge in [0.25, 0.3) is 0 Å². The SMILES string of the molecule is CC1(C)C(/C=C/C2=C(Br)C(=C/C=C3/N(CCC4CCCCC4)C4CCCCC4C3(C)C)/CCC2)=[N+](CCC2CCCCC2)C2CCCCC21. The molecule has 5 aliphatic carbocycles. The van der Waals surface area contributed by atoms with Gasteiger partial charge in [-0.1, -0.05) is 125 Å². The van der Waals surface area contributed by atoms with Gasteiger partial charge in [-0.05, 0) is 100 Å². The van der Waals surface area contributed by atoms with E-state index in [1.165, 1.54) is 176 Å². The van der Waals surface area contributed by atoms with Crippen LogP contribution in [0.1, 0.15) is 175 Å². The van der Waals surface area contributed by atoms with Crippen LogP contribution in [0.15, 0.2) is 45.6 Å². The van der Waals surface area contributed by atoms with Gasteiger partial charge in [-0.25, -0.2) is 4.58 Å². The normalized spacial score (nSPS) is 34.4. The Labute approximate surface area is 310 Å². The van der Waals surface area contributed by atoms with E-state index in [0.29, 0.717) is 0 Å². The van der Waals surface area contributed by atoms with E-state index in [0.717, 1.165) is 35.8 Å². The van der Waals surface area contributed by atoms with Crippen molar-refractivity contribution in [3.63, 3.8) is 0 Å². The fraction of sp³-hybridized carbons (Fsp3) is 0.804. The van der Waals surface area contributed by atoms with Gasteiger partial charge in [0, 0.05) is 53.0 Å². The molecule has 2 aliphatic heterocycles. The number of allylic oxidation sites excluding steroid dienone is 8. The van der Waals surface area contributed by atoms with Crippen LogP contribution < -0.4 is 0 Å². The van der Waals surface area contributed by atoms with E-state index in [4.69, 9.17) is 0 Å². The molecule has 0 aromatic rings. The number of hydrogen-bond acceptors (Lipinski definition) is 1. The Hall–Kier alpha value is -1.09. The topological polar surface area (TPSA) is 6.25 Å². The Morgan fingerprint density at radius 3 is 2.02 bits per heavy atom. The standard InChI is InChI=1S/C46H72BrN2/c1-45(2)38-22-11-13-24-40(38)48(32-30-34-16-7-5-8-17-34)42(45)28-26-36-20-15-21-37(44(36)47)27-29-43-46(3,4)39-23-12-14-25-41(39)49(43)33-31-35-18-9-6-10-19-35/h26-29,34-35,38-41H,5-25,30-33H2,1-4H3/q+1. The molecule has 7 rings (SSSR count). The second-order valence-corrected chi connectivity index (χ2v) is 19.8. The third-order valence-electron chi connectivity index (χ3n) is 15.4. The molecule has 4 unspecified atom stereocenters. The molecule has 0 spiro atoms. The maximum absolute atomic E-state index is 4.21. The van der Waals surface area contributed by atoms with Crippen LogP contribution in [0, 0.1) is 34.5 Å². The number of fused-ring (bicyclic) bond motifs is 2. The molecule has 0 N–H and O–H groups in total. The van der Waals surface area contributed by atoms with Gasteiger partial charge < -0.3 is 4.90 Å². The lowest BCUT2D eigenvalue weighted by Gasteiger charge is -2.35. The first-order valence-corrected chi connectivity index (χ1v) is 22.4. The summed E-state index contributed by atoms with van der Waals surface area (Å²) in [6.45, 7) is 12.9. The lowest BCUT2D eigenvalue weighted by Crippen LogP contribution is -2.36. The molecular weight excluding hydrogens is 660 g/mol. The number of likely N-dealkylation sites (tertiary alicyclic amines) is 1. The van der Waals surface area contributed by atoms with Crippen molar-refractivity contribution in [2.45, 2.75) is 187 Å². The first kappa shape index (κ1) is 36.3. The fourth-order valence-electron chi connectivity index (χ4n) is 12.5. The van der Waals surface area contributed by atoms with Crippen LogP contribution in [0.2, 0.25) is 0 Å². The minimum absolute atomic E-state index is 0.269. The predicted molar refractivity (Wildman–Crippen MR) is 213 cm³/mol. The number of rotatable bonds is 9. The first-order valence-electron chi connectivity index (χ1n) is 21.6. The molecule has 4 atom stereocenters. The van der Waals surface area contributed by atoms with Crippen molar-refractivity contribution < 1.29 is 4.58 Å². The molecule has 2 nitrogen and oxygen atoms in total. The zero-order valence-corrected chi connectivity index (χ0v) is 33.8. The zero-order valence-electron chi connectivity index (χ0n) is 32.2. The monoisotopic (exact) mass is 731 g/mol. The Morgan fingerprint density at radius 2 is 1.29 bits per heavy atom. The van der Waals surface area contributed by atoms with Crippen molar-refractivity contribution in [1.82, 2.24) is 4.90 Å². The van der Waals surface area contributed by atoms with E-state index in [9.17, 15) is 0 Å². The van der Waals surface area contributed by atoms with Crippen LogP contribution in [0.4, 0.5) is 0 Å². The molecule has 5 fully saturated rings. The van der Waals surface area contributed by atoms with Crippen LogP contribution >= 0.6 is 15.9 Å². The summed E-state index contributed by atoms with van der Waals surface area (Å²) in [6.07, 6.45) is 42.8. The van der Waals surface area contributed by atoms with Crippen molar-refractivity contribution in [2.75, 3.05) is 13.1 Å². The number of hydrogen-bond donors (Lipinski definition) is 0. The number of nitrogens with zero attached hydrogens (tertiary/aromatic N) is 2. The van der Waals surface area contributed by atoms with Gasteiger partial charge in [-0.2, -0.15) is 0 Å². The van der Waals surface area contributed by atoms with Gasteiger partial charge >= 0.3 is 0 Å². The molecular formula is C46H72BrN2+. The summed E-state index contributed by atoms with van der Waals surface area (Å²) in [7, 11) is 0. The molecule has 2 heterocycles. The molecule has 0 radical (unpaired) electrons. The van der Waals surface area contributed by atoms with E-state index in [-0.39, 0.29) is 10.8 Å². The largest absolute Gasteiger partial charge is 0.371 e. The predicted octanol–water partition coefficient (Wildman–Crippen LogP) is 13.1. The van der Waals surface area contributed by atoms with E-state index >= 15 is 0 Å². The second kappa shape index (κ2) is 15.9. The average molecular weight is 733 g/mol. The smallest absolute Gasteiger partial charge is 0.182 e. The van der Waals surface area contributed by atoms with E-state index < -0.39 is 0 Å². The summed E-state index contributed by atoms with van der Waals surface area (Å²) in [5.41, 5.74) is 6.88. The van der Waals surface area contributed by atoms with Crippen LogP contribution in [-0.2, 0) is 0 Å². The minimum atomic E-state index is 0.269. The molecule has 0 aromatic carbocycles. The molecule has 0 bridgehead atoms. The molecule has 3 heteroatoms. The average Bonchev–Trinajstić information content (AvgIpc) is 3.47. The lowest BCUT2D eigenvalue weighted by atomic mass is 9.69. The Kier molecular flexibility index (Phi) is 11.8. The Balaban J connectivity index is 1.14. The Morgan fingerprint density at radius 1 is 0.653 bits per heavy atom. The molecule has 7 aliphatic rings. The summed E-state index contributed by atoms with van der Waals surface area (Å²) in [4.78, 5) is 2.94. The molecule has 49 heavy (non-hydrogen) atoms. The molecule has 1 saturated heterocycles. The third-order valence-corrected chi connectivity index (χ3v) is 16.4. The van der Waals surface area contributed by atoms with E-state index in [2.05, 4.69) is 77.4 Å². The van der Waals surface area contributed by atoms with Crippen molar-refractivity contribution in [3.05, 3.63) is 45.6 Å². The van der Waals surface area contributed by atoms with Gasteiger partial charge in [0.2, 0.25) is 0 Å². The zero-order chi connectivity index (χ0) is 34.0. The lowest BCUT2D eigenvalue weighted by molar-refractivity contribution is -0.567. The van der Waals surface area contributed by atoms with Gasteiger partial charge in [-0.15, -0.1) is 0 Å². The van der Waals surface area contributed by atoms with E-state index in [1.807, 2.05) is 0 Å². The Bertz CT molecular complexity index is 1310. The van der Waals surface area contributed by atoms with Gasteiger partial charge in [0.1, 0.15) is 6.54 Å². The summed E-state index contributed by atoms with van der Waals surface area (Å²) < 4.78 is 4.33. The van der Waals surface area contributed by atoms with Gasteiger partial charge in [0.05, 0.1) is 5.41 Å².